The number of thiazole rings is 1. The van der Waals surface area contributed by atoms with Crippen LogP contribution in [0, 0.1) is 6.92 Å². The fraction of sp³-hybridized carbons (Fsp3) is 0.583. The third-order valence-electron chi connectivity index (χ3n) is 2.51. The Labute approximate surface area is 121 Å². The molecule has 104 valence electrons. The van der Waals surface area contributed by atoms with Gasteiger partial charge in [-0.05, 0) is 19.8 Å². The Morgan fingerprint density at radius 1 is 1.26 bits per heavy atom. The largest absolute Gasteiger partial charge is 0.383 e. The van der Waals surface area contributed by atoms with Crippen LogP contribution in [0.15, 0.2) is 0 Å². The molecule has 5 nitrogen and oxygen atoms in total. The summed E-state index contributed by atoms with van der Waals surface area (Å²) < 4.78 is 4.99. The molecule has 0 bridgehead atoms. The minimum Gasteiger partial charge on any atom is -0.383 e. The molecule has 0 saturated heterocycles. The summed E-state index contributed by atoms with van der Waals surface area (Å²) in [6.07, 6.45) is 2.15. The maximum atomic E-state index is 4.99. The van der Waals surface area contributed by atoms with Gasteiger partial charge in [0.25, 0.3) is 0 Å². The molecule has 0 amide bonds. The van der Waals surface area contributed by atoms with Crippen molar-refractivity contribution in [3.8, 4) is 9.88 Å². The number of aromatic nitrogens is 3. The molecule has 0 aliphatic carbocycles. The summed E-state index contributed by atoms with van der Waals surface area (Å²) >= 11 is 3.29. The van der Waals surface area contributed by atoms with E-state index >= 15 is 0 Å². The zero-order chi connectivity index (χ0) is 13.7. The number of nitrogens with one attached hydrogen (secondary N) is 1. The first-order chi connectivity index (χ1) is 9.24. The predicted molar refractivity (Wildman–Crippen MR) is 80.1 cm³/mol. The van der Waals surface area contributed by atoms with Crippen LogP contribution in [0.2, 0.25) is 0 Å². The summed E-state index contributed by atoms with van der Waals surface area (Å²) in [7, 11) is 1.68. The molecule has 2 rings (SSSR count). The van der Waals surface area contributed by atoms with Crippen molar-refractivity contribution in [1.82, 2.24) is 15.2 Å². The zero-order valence-corrected chi connectivity index (χ0v) is 13.0. The molecule has 0 unspecified atom stereocenters. The zero-order valence-electron chi connectivity index (χ0n) is 11.4. The number of nitrogens with zero attached hydrogens (tertiary/aromatic N) is 3. The molecular formula is C12H18N4OS2. The van der Waals surface area contributed by atoms with Crippen LogP contribution in [0.5, 0.6) is 0 Å². The molecule has 19 heavy (non-hydrogen) atoms. The Kier molecular flexibility index (Phi) is 5.24. The van der Waals surface area contributed by atoms with E-state index in [-0.39, 0.29) is 0 Å². The summed E-state index contributed by atoms with van der Waals surface area (Å²) in [5, 5.41) is 14.5. The molecule has 2 heterocycles. The molecule has 0 fully saturated rings. The van der Waals surface area contributed by atoms with Crippen molar-refractivity contribution in [2.24, 2.45) is 0 Å². The van der Waals surface area contributed by atoms with Gasteiger partial charge in [-0.1, -0.05) is 18.3 Å². The van der Waals surface area contributed by atoms with Gasteiger partial charge in [0.1, 0.15) is 0 Å². The van der Waals surface area contributed by atoms with Crippen molar-refractivity contribution in [3.05, 3.63) is 10.7 Å². The number of anilines is 1. The second kappa shape index (κ2) is 6.93. The van der Waals surface area contributed by atoms with Gasteiger partial charge < -0.3 is 10.1 Å². The normalized spacial score (nSPS) is 10.9. The van der Waals surface area contributed by atoms with Crippen LogP contribution < -0.4 is 5.32 Å². The number of hydrogen-bond acceptors (Lipinski definition) is 7. The lowest BCUT2D eigenvalue weighted by Crippen LogP contribution is -2.06. The highest BCUT2D eigenvalue weighted by molar-refractivity contribution is 7.23. The fourth-order valence-electron chi connectivity index (χ4n) is 1.62. The predicted octanol–water partition coefficient (Wildman–Crippen LogP) is 2.98. The van der Waals surface area contributed by atoms with Gasteiger partial charge in [0.05, 0.1) is 22.2 Å². The molecule has 0 aromatic carbocycles. The van der Waals surface area contributed by atoms with Gasteiger partial charge in [-0.15, -0.1) is 21.5 Å². The molecule has 0 aliphatic rings. The SMILES string of the molecule is CCCc1nc(C)c(-c2nnc(NCCOC)s2)s1. The van der Waals surface area contributed by atoms with Crippen molar-refractivity contribution in [1.29, 1.82) is 0 Å². The van der Waals surface area contributed by atoms with Crippen LogP contribution in [0.4, 0.5) is 5.13 Å². The maximum absolute atomic E-state index is 4.99. The van der Waals surface area contributed by atoms with E-state index < -0.39 is 0 Å². The maximum Gasteiger partial charge on any atom is 0.206 e. The van der Waals surface area contributed by atoms with Crippen molar-refractivity contribution in [2.45, 2.75) is 26.7 Å². The first-order valence-corrected chi connectivity index (χ1v) is 7.91. The number of hydrogen-bond donors (Lipinski definition) is 1. The summed E-state index contributed by atoms with van der Waals surface area (Å²) in [5.74, 6) is 0. The molecule has 0 radical (unpaired) electrons. The van der Waals surface area contributed by atoms with Crippen LogP contribution in [-0.4, -0.2) is 35.4 Å². The van der Waals surface area contributed by atoms with E-state index in [2.05, 4.69) is 27.4 Å². The second-order valence-corrected chi connectivity index (χ2v) is 6.17. The number of aryl methyl sites for hydroxylation is 2. The van der Waals surface area contributed by atoms with Crippen LogP contribution in [0.1, 0.15) is 24.0 Å². The van der Waals surface area contributed by atoms with E-state index in [1.807, 2.05) is 6.92 Å². The minimum atomic E-state index is 0.662. The lowest BCUT2D eigenvalue weighted by molar-refractivity contribution is 0.211. The van der Waals surface area contributed by atoms with Gasteiger partial charge >= 0.3 is 0 Å². The van der Waals surface area contributed by atoms with Gasteiger partial charge in [0.2, 0.25) is 5.13 Å². The Hall–Kier alpha value is -1.05. The Bertz CT molecular complexity index is 524. The van der Waals surface area contributed by atoms with Crippen molar-refractivity contribution >= 4 is 27.8 Å². The smallest absolute Gasteiger partial charge is 0.206 e. The molecule has 2 aromatic rings. The van der Waals surface area contributed by atoms with Gasteiger partial charge in [-0.25, -0.2) is 4.98 Å². The second-order valence-electron chi connectivity index (χ2n) is 4.10. The fourth-order valence-corrected chi connectivity index (χ4v) is 3.67. The summed E-state index contributed by atoms with van der Waals surface area (Å²) in [6, 6.07) is 0. The van der Waals surface area contributed by atoms with Crippen LogP contribution in [0.25, 0.3) is 9.88 Å². The molecule has 7 heteroatoms. The lowest BCUT2D eigenvalue weighted by Gasteiger charge is -1.98. The van der Waals surface area contributed by atoms with Crippen molar-refractivity contribution < 1.29 is 4.74 Å². The molecule has 0 aliphatic heterocycles. The van der Waals surface area contributed by atoms with Crippen LogP contribution in [-0.2, 0) is 11.2 Å². The highest BCUT2D eigenvalue weighted by Gasteiger charge is 2.14. The summed E-state index contributed by atoms with van der Waals surface area (Å²) in [6.45, 7) is 5.60. The van der Waals surface area contributed by atoms with E-state index in [9.17, 15) is 0 Å². The minimum absolute atomic E-state index is 0.662. The molecule has 0 saturated carbocycles. The molecule has 0 atom stereocenters. The molecule has 2 aromatic heterocycles. The highest BCUT2D eigenvalue weighted by Crippen LogP contribution is 2.33. The highest BCUT2D eigenvalue weighted by atomic mass is 32.1. The van der Waals surface area contributed by atoms with Gasteiger partial charge in [-0.3, -0.25) is 0 Å². The van der Waals surface area contributed by atoms with Crippen LogP contribution in [0.3, 0.4) is 0 Å². The molecular weight excluding hydrogens is 280 g/mol. The van der Waals surface area contributed by atoms with Crippen molar-refractivity contribution in [3.63, 3.8) is 0 Å². The Balaban J connectivity index is 2.09. The molecule has 1 N–H and O–H groups in total. The van der Waals surface area contributed by atoms with E-state index in [1.54, 1.807) is 29.8 Å². The summed E-state index contributed by atoms with van der Waals surface area (Å²) in [5.41, 5.74) is 1.05. The van der Waals surface area contributed by atoms with E-state index in [4.69, 9.17) is 4.74 Å². The van der Waals surface area contributed by atoms with Gasteiger partial charge in [-0.2, -0.15) is 0 Å². The average molecular weight is 298 g/mol. The first kappa shape index (κ1) is 14.4. The van der Waals surface area contributed by atoms with Gasteiger partial charge in [0, 0.05) is 13.7 Å². The third-order valence-corrected chi connectivity index (χ3v) is 4.76. The van der Waals surface area contributed by atoms with E-state index in [1.165, 1.54) is 5.01 Å². The topological polar surface area (TPSA) is 59.9 Å². The summed E-state index contributed by atoms with van der Waals surface area (Å²) in [4.78, 5) is 5.72. The standard InChI is InChI=1S/C12H18N4OS2/c1-4-5-9-14-8(2)10(18-9)11-15-16-12(19-11)13-6-7-17-3/h4-7H2,1-3H3,(H,13,16). The number of methoxy groups -OCH3 is 1. The third kappa shape index (κ3) is 3.71. The Morgan fingerprint density at radius 2 is 2.11 bits per heavy atom. The van der Waals surface area contributed by atoms with Crippen molar-refractivity contribution in [2.75, 3.05) is 25.6 Å². The number of ether oxygens (including phenoxy) is 1. The Morgan fingerprint density at radius 3 is 2.84 bits per heavy atom. The van der Waals surface area contributed by atoms with E-state index in [0.29, 0.717) is 6.61 Å². The van der Waals surface area contributed by atoms with E-state index in [0.717, 1.165) is 40.1 Å². The number of rotatable bonds is 7. The lowest BCUT2D eigenvalue weighted by atomic mass is 10.3. The first-order valence-electron chi connectivity index (χ1n) is 6.27. The quantitative estimate of drug-likeness (QED) is 0.796. The van der Waals surface area contributed by atoms with Gasteiger partial charge in [0.15, 0.2) is 5.01 Å². The average Bonchev–Trinajstić information content (AvgIpc) is 2.97. The van der Waals surface area contributed by atoms with Crippen LogP contribution >= 0.6 is 22.7 Å². The monoisotopic (exact) mass is 298 g/mol. The molecule has 0 spiro atoms.